The molecule has 1 aliphatic rings. The van der Waals surface area contributed by atoms with Crippen LogP contribution in [0.3, 0.4) is 0 Å². The first-order chi connectivity index (χ1) is 12.8. The van der Waals surface area contributed by atoms with Crippen molar-refractivity contribution in [2.75, 3.05) is 24.5 Å². The minimum atomic E-state index is 0.653. The molecule has 7 nitrogen and oxygen atoms in total. The fourth-order valence-corrected chi connectivity index (χ4v) is 3.63. The zero-order valence-corrected chi connectivity index (χ0v) is 14.7. The Morgan fingerprint density at radius 2 is 2.04 bits per heavy atom. The number of hydrogen-bond donors (Lipinski definition) is 2. The van der Waals surface area contributed by atoms with Crippen LogP contribution < -0.4 is 10.2 Å². The van der Waals surface area contributed by atoms with Crippen LogP contribution in [-0.4, -0.2) is 44.4 Å². The molecule has 4 heterocycles. The third-order valence-corrected chi connectivity index (χ3v) is 5.11. The maximum atomic E-state index is 4.64. The highest BCUT2D eigenvalue weighted by Crippen LogP contribution is 2.23. The molecule has 0 atom stereocenters. The minimum absolute atomic E-state index is 0.653. The Hall–Kier alpha value is -2.93. The monoisotopic (exact) mass is 347 g/mol. The van der Waals surface area contributed by atoms with E-state index in [4.69, 9.17) is 0 Å². The molecule has 4 aromatic rings. The van der Waals surface area contributed by atoms with E-state index in [0.29, 0.717) is 5.92 Å². The quantitative estimate of drug-likeness (QED) is 0.579. The number of nitrogens with one attached hydrogen (secondary N) is 2. The standard InChI is InChI=1S/C19H21N7/c1-13-22-23-18-6-7-19(24-26(13)18)25-11-14(12-25)8-20-9-15-10-21-17-5-3-2-4-16(15)17/h2-7,10,14,20-21H,8-9,11-12H2,1H3. The van der Waals surface area contributed by atoms with E-state index >= 15 is 0 Å². The van der Waals surface area contributed by atoms with Gasteiger partial charge in [-0.05, 0) is 30.7 Å². The van der Waals surface area contributed by atoms with Gasteiger partial charge in [-0.25, -0.2) is 0 Å². The van der Waals surface area contributed by atoms with Crippen LogP contribution in [0.25, 0.3) is 16.6 Å². The van der Waals surface area contributed by atoms with Gasteiger partial charge in [-0.3, -0.25) is 0 Å². The summed E-state index contributed by atoms with van der Waals surface area (Å²) in [5, 5.41) is 17.7. The van der Waals surface area contributed by atoms with Crippen molar-refractivity contribution in [3.05, 3.63) is 54.0 Å². The number of benzene rings is 1. The summed E-state index contributed by atoms with van der Waals surface area (Å²) in [6, 6.07) is 12.4. The Morgan fingerprint density at radius 1 is 1.15 bits per heavy atom. The molecular formula is C19H21N7. The number of anilines is 1. The molecule has 0 bridgehead atoms. The topological polar surface area (TPSA) is 74.1 Å². The van der Waals surface area contributed by atoms with Gasteiger partial charge in [-0.15, -0.1) is 15.3 Å². The van der Waals surface area contributed by atoms with Gasteiger partial charge in [0.15, 0.2) is 11.5 Å². The number of hydrogen-bond acceptors (Lipinski definition) is 5. The average molecular weight is 347 g/mol. The van der Waals surface area contributed by atoms with Gasteiger partial charge in [0.05, 0.1) is 0 Å². The van der Waals surface area contributed by atoms with Crippen molar-refractivity contribution in [1.82, 2.24) is 30.1 Å². The summed E-state index contributed by atoms with van der Waals surface area (Å²) in [6.07, 6.45) is 2.10. The summed E-state index contributed by atoms with van der Waals surface area (Å²) in [6.45, 7) is 5.89. The van der Waals surface area contributed by atoms with Crippen LogP contribution in [0, 0.1) is 12.8 Å². The van der Waals surface area contributed by atoms with Crippen molar-refractivity contribution in [2.45, 2.75) is 13.5 Å². The van der Waals surface area contributed by atoms with E-state index in [-0.39, 0.29) is 0 Å². The van der Waals surface area contributed by atoms with Crippen molar-refractivity contribution < 1.29 is 0 Å². The van der Waals surface area contributed by atoms with Crippen LogP contribution >= 0.6 is 0 Å². The lowest BCUT2D eigenvalue weighted by atomic mass is 10.00. The predicted octanol–water partition coefficient (Wildman–Crippen LogP) is 2.14. The molecule has 3 aromatic heterocycles. The molecule has 2 N–H and O–H groups in total. The molecule has 5 rings (SSSR count). The van der Waals surface area contributed by atoms with Gasteiger partial charge in [0.1, 0.15) is 5.82 Å². The number of H-pyrrole nitrogens is 1. The Labute approximate surface area is 151 Å². The molecule has 1 aliphatic heterocycles. The molecule has 7 heteroatoms. The van der Waals surface area contributed by atoms with E-state index in [2.05, 4.69) is 61.0 Å². The molecule has 132 valence electrons. The molecule has 0 aliphatic carbocycles. The second-order valence-corrected chi connectivity index (χ2v) is 6.97. The number of aromatic amines is 1. The van der Waals surface area contributed by atoms with Crippen molar-refractivity contribution in [1.29, 1.82) is 0 Å². The first kappa shape index (κ1) is 15.3. The van der Waals surface area contributed by atoms with Crippen LogP contribution in [0.4, 0.5) is 5.82 Å². The number of para-hydroxylation sites is 1. The van der Waals surface area contributed by atoms with Crippen LogP contribution in [-0.2, 0) is 6.54 Å². The second-order valence-electron chi connectivity index (χ2n) is 6.97. The Kier molecular flexibility index (Phi) is 3.60. The molecule has 0 spiro atoms. The maximum absolute atomic E-state index is 4.64. The van der Waals surface area contributed by atoms with Crippen LogP contribution in [0.15, 0.2) is 42.6 Å². The minimum Gasteiger partial charge on any atom is -0.361 e. The predicted molar refractivity (Wildman–Crippen MR) is 101 cm³/mol. The van der Waals surface area contributed by atoms with E-state index in [1.807, 2.05) is 19.1 Å². The number of rotatable bonds is 5. The largest absolute Gasteiger partial charge is 0.361 e. The highest BCUT2D eigenvalue weighted by atomic mass is 15.4. The number of nitrogens with zero attached hydrogens (tertiary/aromatic N) is 5. The third kappa shape index (κ3) is 2.61. The fourth-order valence-electron chi connectivity index (χ4n) is 3.63. The molecular weight excluding hydrogens is 326 g/mol. The number of aromatic nitrogens is 5. The van der Waals surface area contributed by atoms with Gasteiger partial charge in [0.2, 0.25) is 0 Å². The van der Waals surface area contributed by atoms with Crippen molar-refractivity contribution >= 4 is 22.4 Å². The zero-order valence-electron chi connectivity index (χ0n) is 14.7. The van der Waals surface area contributed by atoms with Crippen LogP contribution in [0.1, 0.15) is 11.4 Å². The van der Waals surface area contributed by atoms with E-state index < -0.39 is 0 Å². The molecule has 1 saturated heterocycles. The molecule has 1 aromatic carbocycles. The lowest BCUT2D eigenvalue weighted by Gasteiger charge is -2.40. The molecule has 0 amide bonds. The highest BCUT2D eigenvalue weighted by Gasteiger charge is 2.27. The second kappa shape index (κ2) is 6.10. The van der Waals surface area contributed by atoms with Crippen LogP contribution in [0.5, 0.6) is 0 Å². The summed E-state index contributed by atoms with van der Waals surface area (Å²) >= 11 is 0. The Morgan fingerprint density at radius 3 is 2.96 bits per heavy atom. The zero-order chi connectivity index (χ0) is 17.5. The van der Waals surface area contributed by atoms with Gasteiger partial charge >= 0.3 is 0 Å². The lowest BCUT2D eigenvalue weighted by molar-refractivity contribution is 0.381. The van der Waals surface area contributed by atoms with Gasteiger partial charge in [0, 0.05) is 49.2 Å². The van der Waals surface area contributed by atoms with Crippen LogP contribution in [0.2, 0.25) is 0 Å². The molecule has 0 unspecified atom stereocenters. The van der Waals surface area contributed by atoms with E-state index in [1.165, 1.54) is 16.5 Å². The van der Waals surface area contributed by atoms with E-state index in [1.54, 1.807) is 4.52 Å². The normalized spacial score (nSPS) is 15.0. The summed E-state index contributed by atoms with van der Waals surface area (Å²) in [4.78, 5) is 5.63. The summed E-state index contributed by atoms with van der Waals surface area (Å²) in [7, 11) is 0. The Bertz CT molecular complexity index is 1060. The lowest BCUT2D eigenvalue weighted by Crippen LogP contribution is -2.51. The summed E-state index contributed by atoms with van der Waals surface area (Å²) < 4.78 is 1.80. The van der Waals surface area contributed by atoms with E-state index in [9.17, 15) is 0 Å². The third-order valence-electron chi connectivity index (χ3n) is 5.11. The fraction of sp³-hybridized carbons (Fsp3) is 0.316. The van der Waals surface area contributed by atoms with E-state index in [0.717, 1.165) is 43.5 Å². The van der Waals surface area contributed by atoms with Gasteiger partial charge in [0.25, 0.3) is 0 Å². The number of aryl methyl sites for hydroxylation is 1. The average Bonchev–Trinajstić information content (AvgIpc) is 3.21. The molecule has 0 saturated carbocycles. The SMILES string of the molecule is Cc1nnc2ccc(N3CC(CNCc4c[nH]c5ccccc45)C3)nn12. The Balaban J connectivity index is 1.16. The first-order valence-electron chi connectivity index (χ1n) is 8.97. The molecule has 0 radical (unpaired) electrons. The smallest absolute Gasteiger partial charge is 0.178 e. The van der Waals surface area contributed by atoms with Gasteiger partial charge in [-0.2, -0.15) is 4.52 Å². The van der Waals surface area contributed by atoms with Gasteiger partial charge in [-0.1, -0.05) is 18.2 Å². The van der Waals surface area contributed by atoms with Crippen molar-refractivity contribution in [2.24, 2.45) is 5.92 Å². The molecule has 26 heavy (non-hydrogen) atoms. The van der Waals surface area contributed by atoms with Crippen molar-refractivity contribution in [3.8, 4) is 0 Å². The summed E-state index contributed by atoms with van der Waals surface area (Å²) in [5.74, 6) is 2.47. The number of fused-ring (bicyclic) bond motifs is 2. The maximum Gasteiger partial charge on any atom is 0.178 e. The molecule has 1 fully saturated rings. The van der Waals surface area contributed by atoms with Crippen molar-refractivity contribution in [3.63, 3.8) is 0 Å². The highest BCUT2D eigenvalue weighted by molar-refractivity contribution is 5.82. The van der Waals surface area contributed by atoms with Gasteiger partial charge < -0.3 is 15.2 Å². The summed E-state index contributed by atoms with van der Waals surface area (Å²) in [5.41, 5.74) is 3.32. The first-order valence-corrected chi connectivity index (χ1v) is 8.97.